The Labute approximate surface area is 177 Å². The first kappa shape index (κ1) is 21.9. The van der Waals surface area contributed by atoms with Gasteiger partial charge in [0.1, 0.15) is 11.8 Å². The van der Waals surface area contributed by atoms with E-state index < -0.39 is 11.9 Å². The number of rotatable bonds is 9. The Hall–Kier alpha value is -2.80. The lowest BCUT2D eigenvalue weighted by Crippen LogP contribution is -2.51. The number of amides is 2. The summed E-state index contributed by atoms with van der Waals surface area (Å²) in [5.41, 5.74) is 1.11. The van der Waals surface area contributed by atoms with Crippen LogP contribution in [0.25, 0.3) is 0 Å². The Morgan fingerprint density at radius 1 is 1.17 bits per heavy atom. The molecule has 0 saturated carbocycles. The van der Waals surface area contributed by atoms with Gasteiger partial charge in [-0.2, -0.15) is 0 Å². The van der Waals surface area contributed by atoms with Crippen LogP contribution in [0, 0.1) is 5.92 Å². The number of carbonyl (C=O) groups excluding carboxylic acids is 2. The summed E-state index contributed by atoms with van der Waals surface area (Å²) in [6.45, 7) is 6.28. The van der Waals surface area contributed by atoms with Crippen molar-refractivity contribution in [2.45, 2.75) is 38.8 Å². The van der Waals surface area contributed by atoms with Crippen LogP contribution in [0.15, 0.2) is 47.1 Å². The van der Waals surface area contributed by atoms with Crippen LogP contribution in [-0.2, 0) is 4.79 Å². The van der Waals surface area contributed by atoms with Gasteiger partial charge in [-0.1, -0.05) is 26.0 Å². The van der Waals surface area contributed by atoms with Gasteiger partial charge in [0.05, 0.1) is 19.4 Å². The third-order valence-corrected chi connectivity index (χ3v) is 5.51. The lowest BCUT2D eigenvalue weighted by Gasteiger charge is -2.29. The molecule has 1 aliphatic rings. The van der Waals surface area contributed by atoms with Crippen molar-refractivity contribution in [2.75, 3.05) is 26.7 Å². The molecule has 1 saturated heterocycles. The molecule has 2 atom stereocenters. The maximum absolute atomic E-state index is 13.0. The number of benzene rings is 1. The Morgan fingerprint density at radius 3 is 2.57 bits per heavy atom. The molecule has 1 aliphatic heterocycles. The molecule has 2 N–H and O–H groups in total. The number of nitrogens with one attached hydrogen (secondary N) is 2. The van der Waals surface area contributed by atoms with E-state index in [2.05, 4.69) is 21.6 Å². The van der Waals surface area contributed by atoms with Crippen LogP contribution >= 0.6 is 0 Å². The molecular weight excluding hydrogens is 382 g/mol. The van der Waals surface area contributed by atoms with Gasteiger partial charge in [-0.25, -0.2) is 0 Å². The van der Waals surface area contributed by atoms with Gasteiger partial charge in [-0.3, -0.25) is 14.5 Å². The molecule has 7 heteroatoms. The molecule has 2 heterocycles. The smallest absolute Gasteiger partial charge is 0.287 e. The molecule has 2 aromatic rings. The van der Waals surface area contributed by atoms with Crippen LogP contribution in [0.2, 0.25) is 0 Å². The molecule has 1 fully saturated rings. The average molecular weight is 414 g/mol. The fourth-order valence-corrected chi connectivity index (χ4v) is 3.82. The zero-order chi connectivity index (χ0) is 21.5. The molecule has 0 radical (unpaired) electrons. The van der Waals surface area contributed by atoms with E-state index in [1.165, 1.54) is 6.26 Å². The predicted octanol–water partition coefficient (Wildman–Crippen LogP) is 3.00. The van der Waals surface area contributed by atoms with Crippen molar-refractivity contribution in [3.8, 4) is 5.75 Å². The van der Waals surface area contributed by atoms with Gasteiger partial charge in [-0.05, 0) is 61.7 Å². The number of nitrogens with zero attached hydrogens (tertiary/aromatic N) is 1. The topological polar surface area (TPSA) is 83.8 Å². The molecule has 162 valence electrons. The predicted molar refractivity (Wildman–Crippen MR) is 114 cm³/mol. The van der Waals surface area contributed by atoms with Crippen LogP contribution in [0.5, 0.6) is 5.75 Å². The van der Waals surface area contributed by atoms with Gasteiger partial charge in [0.25, 0.3) is 5.91 Å². The number of carbonyl (C=O) groups is 2. The van der Waals surface area contributed by atoms with Crippen LogP contribution in [0.1, 0.15) is 48.8 Å². The van der Waals surface area contributed by atoms with Crippen molar-refractivity contribution >= 4 is 11.8 Å². The van der Waals surface area contributed by atoms with Crippen LogP contribution in [0.4, 0.5) is 0 Å². The summed E-state index contributed by atoms with van der Waals surface area (Å²) in [6, 6.07) is 10.6. The second-order valence-electron chi connectivity index (χ2n) is 7.95. The number of furan rings is 1. The van der Waals surface area contributed by atoms with Crippen LogP contribution < -0.4 is 15.4 Å². The second-order valence-corrected chi connectivity index (χ2v) is 7.95. The molecule has 2 amide bonds. The normalized spacial score (nSPS) is 16.3. The van der Waals surface area contributed by atoms with Crippen LogP contribution in [0.3, 0.4) is 0 Å². The largest absolute Gasteiger partial charge is 0.497 e. The zero-order valence-electron chi connectivity index (χ0n) is 17.9. The molecule has 30 heavy (non-hydrogen) atoms. The Morgan fingerprint density at radius 2 is 1.93 bits per heavy atom. The van der Waals surface area contributed by atoms with E-state index in [9.17, 15) is 9.59 Å². The first-order valence-corrected chi connectivity index (χ1v) is 10.5. The minimum Gasteiger partial charge on any atom is -0.497 e. The molecule has 1 aromatic carbocycles. The van der Waals surface area contributed by atoms with Crippen LogP contribution in [-0.4, -0.2) is 49.5 Å². The monoisotopic (exact) mass is 413 g/mol. The van der Waals surface area contributed by atoms with E-state index >= 15 is 0 Å². The van der Waals surface area contributed by atoms with E-state index in [4.69, 9.17) is 9.15 Å². The second kappa shape index (κ2) is 10.3. The summed E-state index contributed by atoms with van der Waals surface area (Å²) >= 11 is 0. The molecule has 0 bridgehead atoms. The SMILES string of the molecule is COc1cccc(C(CNC(=O)C(NC(=O)c2ccco2)C(C)C)N2CCCC2)c1. The third-order valence-electron chi connectivity index (χ3n) is 5.51. The highest BCUT2D eigenvalue weighted by Crippen LogP contribution is 2.27. The van der Waals surface area contributed by atoms with Gasteiger partial charge in [0, 0.05) is 6.54 Å². The standard InChI is InChI=1S/C23H31N3O4/c1-16(2)21(25-22(27)20-10-7-13-30-20)23(28)24-15-19(26-11-4-5-12-26)17-8-6-9-18(14-17)29-3/h6-10,13-14,16,19,21H,4-5,11-12,15H2,1-3H3,(H,24,28)(H,25,27). The number of hydrogen-bond acceptors (Lipinski definition) is 5. The fourth-order valence-electron chi connectivity index (χ4n) is 3.82. The Bertz CT molecular complexity index is 829. The number of likely N-dealkylation sites (tertiary alicyclic amines) is 1. The first-order chi connectivity index (χ1) is 14.5. The number of hydrogen-bond donors (Lipinski definition) is 2. The summed E-state index contributed by atoms with van der Waals surface area (Å²) in [5.74, 6) is 0.342. The molecular formula is C23H31N3O4. The molecule has 7 nitrogen and oxygen atoms in total. The third kappa shape index (κ3) is 5.42. The molecule has 0 spiro atoms. The van der Waals surface area contributed by atoms with Crippen molar-refractivity contribution < 1.29 is 18.7 Å². The van der Waals surface area contributed by atoms with Crippen molar-refractivity contribution in [1.82, 2.24) is 15.5 Å². The Balaban J connectivity index is 1.69. The summed E-state index contributed by atoms with van der Waals surface area (Å²) in [4.78, 5) is 27.7. The van der Waals surface area contributed by atoms with Crippen molar-refractivity contribution in [1.29, 1.82) is 0 Å². The quantitative estimate of drug-likeness (QED) is 0.660. The highest BCUT2D eigenvalue weighted by atomic mass is 16.5. The molecule has 0 aliphatic carbocycles. The average Bonchev–Trinajstić information content (AvgIpc) is 3.46. The fraction of sp³-hybridized carbons (Fsp3) is 0.478. The zero-order valence-corrected chi connectivity index (χ0v) is 17.9. The minimum atomic E-state index is -0.646. The molecule has 3 rings (SSSR count). The lowest BCUT2D eigenvalue weighted by atomic mass is 10.0. The van der Waals surface area contributed by atoms with Crippen molar-refractivity contribution in [3.05, 3.63) is 54.0 Å². The first-order valence-electron chi connectivity index (χ1n) is 10.5. The summed E-state index contributed by atoms with van der Waals surface area (Å²) < 4.78 is 10.5. The highest BCUT2D eigenvalue weighted by Gasteiger charge is 2.28. The highest BCUT2D eigenvalue weighted by molar-refractivity contribution is 5.95. The molecule has 1 aromatic heterocycles. The van der Waals surface area contributed by atoms with E-state index in [1.807, 2.05) is 32.0 Å². The lowest BCUT2D eigenvalue weighted by molar-refractivity contribution is -0.124. The van der Waals surface area contributed by atoms with Crippen molar-refractivity contribution in [3.63, 3.8) is 0 Å². The maximum atomic E-state index is 13.0. The molecule has 2 unspecified atom stereocenters. The van der Waals surface area contributed by atoms with Gasteiger partial charge in [0.2, 0.25) is 5.91 Å². The van der Waals surface area contributed by atoms with Gasteiger partial charge in [-0.15, -0.1) is 0 Å². The van der Waals surface area contributed by atoms with E-state index in [0.29, 0.717) is 6.54 Å². The minimum absolute atomic E-state index is 0.0557. The number of methoxy groups -OCH3 is 1. The van der Waals surface area contributed by atoms with E-state index in [0.717, 1.165) is 37.2 Å². The van der Waals surface area contributed by atoms with Gasteiger partial charge < -0.3 is 19.8 Å². The van der Waals surface area contributed by atoms with Gasteiger partial charge in [0.15, 0.2) is 5.76 Å². The van der Waals surface area contributed by atoms with E-state index in [1.54, 1.807) is 19.2 Å². The van der Waals surface area contributed by atoms with Gasteiger partial charge >= 0.3 is 0 Å². The maximum Gasteiger partial charge on any atom is 0.287 e. The van der Waals surface area contributed by atoms with Crippen molar-refractivity contribution in [2.24, 2.45) is 5.92 Å². The van der Waals surface area contributed by atoms with E-state index in [-0.39, 0.29) is 23.6 Å². The summed E-state index contributed by atoms with van der Waals surface area (Å²) in [5, 5.41) is 5.85. The summed E-state index contributed by atoms with van der Waals surface area (Å²) in [7, 11) is 1.65. The number of ether oxygens (including phenoxy) is 1. The summed E-state index contributed by atoms with van der Waals surface area (Å²) in [6.07, 6.45) is 3.75. The Kier molecular flexibility index (Phi) is 7.52.